The summed E-state index contributed by atoms with van der Waals surface area (Å²) in [5.74, 6) is 0. The van der Waals surface area contributed by atoms with Gasteiger partial charge in [0.25, 0.3) is 0 Å². The molecule has 1 aromatic rings. The summed E-state index contributed by atoms with van der Waals surface area (Å²) in [6, 6.07) is 7.78. The molecule has 1 aliphatic rings. The fourth-order valence-corrected chi connectivity index (χ4v) is 1.93. The molecule has 1 fully saturated rings. The van der Waals surface area contributed by atoms with E-state index in [0.717, 1.165) is 10.0 Å². The number of benzene rings is 1. The fourth-order valence-electron chi connectivity index (χ4n) is 1.57. The van der Waals surface area contributed by atoms with Gasteiger partial charge < -0.3 is 9.47 Å². The van der Waals surface area contributed by atoms with Crippen molar-refractivity contribution in [3.8, 4) is 6.07 Å². The molecule has 0 aromatic heterocycles. The summed E-state index contributed by atoms with van der Waals surface area (Å²) in [4.78, 5) is 0. The molecule has 1 aliphatic heterocycles. The lowest BCUT2D eigenvalue weighted by molar-refractivity contribution is -0.0902. The van der Waals surface area contributed by atoms with E-state index in [0.29, 0.717) is 25.4 Å². The summed E-state index contributed by atoms with van der Waals surface area (Å²) in [7, 11) is 0. The third kappa shape index (κ3) is 2.37. The number of nitriles is 1. The van der Waals surface area contributed by atoms with Crippen LogP contribution in [-0.2, 0) is 9.47 Å². The molecule has 0 saturated carbocycles. The van der Waals surface area contributed by atoms with Gasteiger partial charge in [-0.2, -0.15) is 5.26 Å². The highest BCUT2D eigenvalue weighted by Gasteiger charge is 2.19. The van der Waals surface area contributed by atoms with Crippen LogP contribution in [0.3, 0.4) is 0 Å². The van der Waals surface area contributed by atoms with E-state index in [1.807, 2.05) is 12.1 Å². The highest BCUT2D eigenvalue weighted by molar-refractivity contribution is 9.10. The van der Waals surface area contributed by atoms with Crippen LogP contribution in [0.5, 0.6) is 0 Å². The quantitative estimate of drug-likeness (QED) is 0.785. The van der Waals surface area contributed by atoms with Crippen LogP contribution in [0, 0.1) is 11.3 Å². The lowest BCUT2D eigenvalue weighted by Crippen LogP contribution is -2.22. The van der Waals surface area contributed by atoms with Crippen molar-refractivity contribution in [2.45, 2.75) is 6.10 Å². The number of rotatable bonds is 1. The van der Waals surface area contributed by atoms with E-state index in [2.05, 4.69) is 22.0 Å². The maximum Gasteiger partial charge on any atom is 0.107 e. The van der Waals surface area contributed by atoms with Crippen LogP contribution >= 0.6 is 15.9 Å². The monoisotopic (exact) mass is 267 g/mol. The first-order valence-electron chi connectivity index (χ1n) is 4.70. The van der Waals surface area contributed by atoms with Crippen LogP contribution in [0.4, 0.5) is 0 Å². The largest absolute Gasteiger partial charge is 0.376 e. The van der Waals surface area contributed by atoms with Crippen LogP contribution in [0.25, 0.3) is 0 Å². The molecule has 0 aliphatic carbocycles. The zero-order valence-corrected chi connectivity index (χ0v) is 9.66. The second kappa shape index (κ2) is 4.75. The van der Waals surface area contributed by atoms with E-state index in [1.54, 1.807) is 6.07 Å². The molecule has 2 rings (SSSR count). The molecule has 0 radical (unpaired) electrons. The Morgan fingerprint density at radius 3 is 2.93 bits per heavy atom. The van der Waals surface area contributed by atoms with Gasteiger partial charge in [-0.3, -0.25) is 0 Å². The van der Waals surface area contributed by atoms with E-state index < -0.39 is 0 Å². The van der Waals surface area contributed by atoms with Gasteiger partial charge in [0.1, 0.15) is 6.10 Å². The molecule has 4 heteroatoms. The molecule has 15 heavy (non-hydrogen) atoms. The smallest absolute Gasteiger partial charge is 0.107 e. The molecule has 0 N–H and O–H groups in total. The topological polar surface area (TPSA) is 42.2 Å². The van der Waals surface area contributed by atoms with Gasteiger partial charge in [0.2, 0.25) is 0 Å². The van der Waals surface area contributed by atoms with Crippen LogP contribution in [-0.4, -0.2) is 19.8 Å². The zero-order chi connectivity index (χ0) is 10.7. The number of halogens is 1. The minimum atomic E-state index is -0.110. The molecule has 1 heterocycles. The maximum atomic E-state index is 9.01. The van der Waals surface area contributed by atoms with Crippen molar-refractivity contribution in [1.29, 1.82) is 5.26 Å². The molecular weight excluding hydrogens is 258 g/mol. The summed E-state index contributed by atoms with van der Waals surface area (Å²) in [5, 5.41) is 9.01. The van der Waals surface area contributed by atoms with Crippen molar-refractivity contribution in [1.82, 2.24) is 0 Å². The summed E-state index contributed by atoms with van der Waals surface area (Å²) in [6.07, 6.45) is -0.110. The van der Waals surface area contributed by atoms with Crippen molar-refractivity contribution < 1.29 is 9.47 Å². The molecule has 1 aromatic carbocycles. The molecular formula is C11H10BrNO2. The van der Waals surface area contributed by atoms with Crippen molar-refractivity contribution in [3.05, 3.63) is 33.8 Å². The third-order valence-electron chi connectivity index (χ3n) is 2.30. The third-order valence-corrected chi connectivity index (χ3v) is 2.79. The second-order valence-electron chi connectivity index (χ2n) is 3.28. The van der Waals surface area contributed by atoms with E-state index in [1.165, 1.54) is 0 Å². The van der Waals surface area contributed by atoms with E-state index in [-0.39, 0.29) is 6.10 Å². The van der Waals surface area contributed by atoms with Crippen LogP contribution in [0.2, 0.25) is 0 Å². The first kappa shape index (κ1) is 10.6. The van der Waals surface area contributed by atoms with Gasteiger partial charge >= 0.3 is 0 Å². The highest BCUT2D eigenvalue weighted by atomic mass is 79.9. The number of hydrogen-bond acceptors (Lipinski definition) is 3. The standard InChI is InChI=1S/C11H10BrNO2/c12-9-1-2-10(8(5-9)6-13)11-7-14-3-4-15-11/h1-2,5,11H,3-4,7H2. The van der Waals surface area contributed by atoms with Gasteiger partial charge in [0, 0.05) is 10.0 Å². The fraction of sp³-hybridized carbons (Fsp3) is 0.364. The molecule has 0 spiro atoms. The average Bonchev–Trinajstić information content (AvgIpc) is 2.30. The van der Waals surface area contributed by atoms with Gasteiger partial charge in [0.05, 0.1) is 31.5 Å². The maximum absolute atomic E-state index is 9.01. The van der Waals surface area contributed by atoms with Crippen molar-refractivity contribution >= 4 is 15.9 Å². The Labute approximate surface area is 96.7 Å². The molecule has 1 atom stereocenters. The van der Waals surface area contributed by atoms with Gasteiger partial charge in [-0.05, 0) is 12.1 Å². The molecule has 1 unspecified atom stereocenters. The van der Waals surface area contributed by atoms with Crippen LogP contribution in [0.1, 0.15) is 17.2 Å². The summed E-state index contributed by atoms with van der Waals surface area (Å²) in [5.41, 5.74) is 1.54. The van der Waals surface area contributed by atoms with E-state index >= 15 is 0 Å². The number of hydrogen-bond donors (Lipinski definition) is 0. The van der Waals surface area contributed by atoms with E-state index in [9.17, 15) is 0 Å². The Balaban J connectivity index is 2.30. The van der Waals surface area contributed by atoms with Gasteiger partial charge in [-0.1, -0.05) is 22.0 Å². The van der Waals surface area contributed by atoms with Gasteiger partial charge in [-0.25, -0.2) is 0 Å². The lowest BCUT2D eigenvalue weighted by Gasteiger charge is -2.23. The molecule has 0 bridgehead atoms. The molecule has 78 valence electrons. The Hall–Kier alpha value is -0.890. The van der Waals surface area contributed by atoms with Gasteiger partial charge in [-0.15, -0.1) is 0 Å². The van der Waals surface area contributed by atoms with Crippen molar-refractivity contribution in [3.63, 3.8) is 0 Å². The molecule has 3 nitrogen and oxygen atoms in total. The second-order valence-corrected chi connectivity index (χ2v) is 4.19. The predicted molar refractivity (Wildman–Crippen MR) is 58.4 cm³/mol. The Bertz CT molecular complexity index is 394. The Kier molecular flexibility index (Phi) is 3.37. The minimum absolute atomic E-state index is 0.110. The number of nitrogens with zero attached hydrogens (tertiary/aromatic N) is 1. The summed E-state index contributed by atoms with van der Waals surface area (Å²) in [6.45, 7) is 1.75. The SMILES string of the molecule is N#Cc1cc(Br)ccc1C1COCCO1. The minimum Gasteiger partial charge on any atom is -0.376 e. The Morgan fingerprint density at radius 2 is 2.27 bits per heavy atom. The average molecular weight is 268 g/mol. The lowest BCUT2D eigenvalue weighted by atomic mass is 10.0. The zero-order valence-electron chi connectivity index (χ0n) is 8.07. The first-order valence-corrected chi connectivity index (χ1v) is 5.49. The first-order chi connectivity index (χ1) is 7.31. The van der Waals surface area contributed by atoms with Gasteiger partial charge in [0.15, 0.2) is 0 Å². The van der Waals surface area contributed by atoms with Crippen molar-refractivity contribution in [2.75, 3.05) is 19.8 Å². The molecule has 0 amide bonds. The van der Waals surface area contributed by atoms with Crippen LogP contribution < -0.4 is 0 Å². The Morgan fingerprint density at radius 1 is 1.40 bits per heavy atom. The molecule has 1 saturated heterocycles. The van der Waals surface area contributed by atoms with Crippen LogP contribution in [0.15, 0.2) is 22.7 Å². The highest BCUT2D eigenvalue weighted by Crippen LogP contribution is 2.26. The predicted octanol–water partition coefficient (Wildman–Crippen LogP) is 2.41. The summed E-state index contributed by atoms with van der Waals surface area (Å²) >= 11 is 3.34. The van der Waals surface area contributed by atoms with Crippen molar-refractivity contribution in [2.24, 2.45) is 0 Å². The number of ether oxygens (including phenoxy) is 2. The summed E-state index contributed by atoms with van der Waals surface area (Å²) < 4.78 is 11.8. The van der Waals surface area contributed by atoms with E-state index in [4.69, 9.17) is 14.7 Å². The normalized spacial score (nSPS) is 20.9.